The van der Waals surface area contributed by atoms with Crippen molar-refractivity contribution in [2.45, 2.75) is 39.4 Å². The number of thiol groups is 1. The summed E-state index contributed by atoms with van der Waals surface area (Å²) in [5.74, 6) is -4.44. The Hall–Kier alpha value is -6.17. The van der Waals surface area contributed by atoms with Gasteiger partial charge in [-0.2, -0.15) is 9.97 Å². The van der Waals surface area contributed by atoms with E-state index in [-0.39, 0.29) is 36.8 Å². The van der Waals surface area contributed by atoms with Crippen molar-refractivity contribution < 1.29 is 50.5 Å². The lowest BCUT2D eigenvalue weighted by Gasteiger charge is -2.20. The van der Waals surface area contributed by atoms with Crippen LogP contribution in [-0.2, 0) is 45.7 Å². The quantitative estimate of drug-likeness (QED) is 0.104. The van der Waals surface area contributed by atoms with Gasteiger partial charge in [0.2, 0.25) is 11.8 Å². The van der Waals surface area contributed by atoms with Crippen molar-refractivity contribution in [1.29, 1.82) is 0 Å². The first-order valence-corrected chi connectivity index (χ1v) is 17.5. The fourth-order valence-electron chi connectivity index (χ4n) is 5.07. The lowest BCUT2D eigenvalue weighted by molar-refractivity contribution is -0.151. The molecule has 5 aromatic rings. The van der Waals surface area contributed by atoms with Crippen LogP contribution in [-0.4, -0.2) is 66.6 Å². The molecule has 0 bridgehead atoms. The Labute approximate surface area is 310 Å². The van der Waals surface area contributed by atoms with E-state index in [9.17, 15) is 18.0 Å². The summed E-state index contributed by atoms with van der Waals surface area (Å²) in [6.45, 7) is 3.05. The number of aromatic nitrogens is 5. The number of benzene rings is 3. The van der Waals surface area contributed by atoms with Crippen LogP contribution in [0.3, 0.4) is 0 Å². The molecule has 0 aliphatic heterocycles. The van der Waals surface area contributed by atoms with Gasteiger partial charge in [-0.1, -0.05) is 29.5 Å². The van der Waals surface area contributed by atoms with E-state index < -0.39 is 68.4 Å². The maximum atomic E-state index is 15.6. The molecular weight excluding hydrogens is 730 g/mol. The van der Waals surface area contributed by atoms with Gasteiger partial charge in [0.05, 0.1) is 39.5 Å². The van der Waals surface area contributed by atoms with Gasteiger partial charge in [0.1, 0.15) is 64.2 Å². The van der Waals surface area contributed by atoms with Crippen molar-refractivity contribution in [3.8, 4) is 34.5 Å². The van der Waals surface area contributed by atoms with Crippen LogP contribution < -0.4 is 24.3 Å². The average Bonchev–Trinajstić information content (AvgIpc) is 3.61. The monoisotopic (exact) mass is 766 g/mol. The number of rotatable bonds is 16. The molecule has 18 heteroatoms. The second-order valence-corrected chi connectivity index (χ2v) is 13.3. The number of anilines is 1. The molecule has 5 rings (SSSR count). The van der Waals surface area contributed by atoms with E-state index in [0.717, 1.165) is 12.1 Å². The Balaban J connectivity index is 1.48. The van der Waals surface area contributed by atoms with Gasteiger partial charge in [0, 0.05) is 5.56 Å². The van der Waals surface area contributed by atoms with Gasteiger partial charge in [-0.15, -0.1) is 5.10 Å². The highest BCUT2D eigenvalue weighted by atomic mass is 32.2. The summed E-state index contributed by atoms with van der Waals surface area (Å²) in [6.07, 6.45) is 1.41. The number of esters is 1. The molecule has 0 saturated carbocycles. The van der Waals surface area contributed by atoms with E-state index in [1.54, 1.807) is 62.4 Å². The second kappa shape index (κ2) is 17.1. The zero-order valence-corrected chi connectivity index (χ0v) is 30.7. The van der Waals surface area contributed by atoms with E-state index >= 15 is 8.78 Å². The fraction of sp³-hybridized carbons (Fsp3) is 0.278. The zero-order chi connectivity index (χ0) is 39.0. The predicted molar refractivity (Wildman–Crippen MR) is 190 cm³/mol. The summed E-state index contributed by atoms with van der Waals surface area (Å²) < 4.78 is 83.0. The van der Waals surface area contributed by atoms with Crippen LogP contribution in [0.5, 0.6) is 23.3 Å². The van der Waals surface area contributed by atoms with Crippen molar-refractivity contribution in [2.75, 3.05) is 26.6 Å². The normalized spacial score (nSPS) is 11.3. The minimum absolute atomic E-state index is 0.00318. The number of nitrogens with one attached hydrogen (secondary N) is 1. The number of ether oxygens (including phenoxy) is 5. The summed E-state index contributed by atoms with van der Waals surface area (Å²) in [7, 11) is 1.26. The molecule has 0 spiro atoms. The third-order valence-corrected chi connectivity index (χ3v) is 8.41. The lowest BCUT2D eigenvalue weighted by atomic mass is 9.94. The highest BCUT2D eigenvalue weighted by molar-refractivity contribution is 7.71. The molecule has 1 amide bonds. The number of hydrogen-bond acceptors (Lipinski definition) is 13. The molecule has 1 N–H and O–H groups in total. The Bertz CT molecular complexity index is 2110. The maximum Gasteiger partial charge on any atom is 0.313 e. The topological polar surface area (TPSA) is 183 Å². The molecule has 3 aromatic carbocycles. The van der Waals surface area contributed by atoms with E-state index in [0.29, 0.717) is 22.6 Å². The molecule has 15 nitrogen and oxygen atoms in total. The fourth-order valence-corrected chi connectivity index (χ4v) is 5.44. The van der Waals surface area contributed by atoms with Crippen LogP contribution in [0, 0.1) is 17.0 Å². The Kier molecular flexibility index (Phi) is 12.4. The Morgan fingerprint density at radius 3 is 1.81 bits per heavy atom. The van der Waals surface area contributed by atoms with Gasteiger partial charge in [0.25, 0.3) is 5.91 Å². The number of carbonyl (C=O) groups is 2. The van der Waals surface area contributed by atoms with Crippen LogP contribution >= 0.6 is 0 Å². The van der Waals surface area contributed by atoms with E-state index in [2.05, 4.69) is 25.6 Å². The van der Waals surface area contributed by atoms with Gasteiger partial charge in [-0.25, -0.2) is 17.2 Å². The molecule has 0 fully saturated rings. The van der Waals surface area contributed by atoms with Crippen molar-refractivity contribution in [3.63, 3.8) is 0 Å². The van der Waals surface area contributed by atoms with Gasteiger partial charge in [0.15, 0.2) is 11.4 Å². The molecule has 0 atom stereocenters. The molecule has 0 aliphatic carbocycles. The van der Waals surface area contributed by atoms with Gasteiger partial charge in [-0.05, 0) is 61.4 Å². The summed E-state index contributed by atoms with van der Waals surface area (Å²) in [4.78, 5) is 34.4. The molecule has 54 heavy (non-hydrogen) atoms. The smallest absolute Gasteiger partial charge is 0.313 e. The number of methoxy groups -OCH3 is 3. The Morgan fingerprint density at radius 1 is 0.833 bits per heavy atom. The van der Waals surface area contributed by atoms with Crippen LogP contribution in [0.25, 0.3) is 11.3 Å². The number of amides is 1. The minimum atomic E-state index is -3.02. The van der Waals surface area contributed by atoms with Crippen LogP contribution in [0.4, 0.5) is 14.5 Å². The van der Waals surface area contributed by atoms with Crippen molar-refractivity contribution >= 4 is 28.3 Å². The molecule has 0 saturated heterocycles. The summed E-state index contributed by atoms with van der Waals surface area (Å²) in [5.41, 5.74) is -0.912. The van der Waals surface area contributed by atoms with E-state index in [4.69, 9.17) is 23.7 Å². The molecule has 0 radical (unpaired) electrons. The number of halogens is 2. The lowest BCUT2D eigenvalue weighted by Crippen LogP contribution is -2.30. The second-order valence-electron chi connectivity index (χ2n) is 12.3. The van der Waals surface area contributed by atoms with Gasteiger partial charge in [-0.3, -0.25) is 14.3 Å². The molecule has 2 aromatic heterocycles. The first-order valence-electron chi connectivity index (χ1n) is 16.1. The summed E-state index contributed by atoms with van der Waals surface area (Å²) >= 11 is 0. The van der Waals surface area contributed by atoms with Gasteiger partial charge < -0.3 is 29.0 Å². The van der Waals surface area contributed by atoms with Crippen LogP contribution in [0.1, 0.15) is 41.2 Å². The molecule has 284 valence electrons. The van der Waals surface area contributed by atoms with Crippen LogP contribution in [0.2, 0.25) is 0 Å². The maximum absolute atomic E-state index is 15.6. The molecular formula is C36H36F2N6O9S. The summed E-state index contributed by atoms with van der Waals surface area (Å²) in [5, 5.41) is 10.2. The first kappa shape index (κ1) is 39.0. The zero-order valence-electron chi connectivity index (χ0n) is 29.8. The largest absolute Gasteiger partial charge is 0.497 e. The third kappa shape index (κ3) is 9.62. The third-order valence-electron chi connectivity index (χ3n) is 7.87. The van der Waals surface area contributed by atoms with Crippen molar-refractivity contribution in [1.82, 2.24) is 25.0 Å². The standard InChI is InChI=1S/C36H36F2N6O9S/c1-36(2,35(46)51-5)20-44-16-28(42-43-44)23-14-26(37)31(27(38)15-23)41-32(45)30-33(52-17-21-6-10-24(49-3)11-7-21)39-29(19-54(47)48)40-34(30)53-18-22-8-12-25(50-4)13-9-22/h6-16,54H,17-20H2,1-5H3,(H,41,45). The summed E-state index contributed by atoms with van der Waals surface area (Å²) in [6, 6.07) is 15.4. The van der Waals surface area contributed by atoms with E-state index in [1.807, 2.05) is 0 Å². The average molecular weight is 767 g/mol. The number of hydrogen-bond donors (Lipinski definition) is 2. The number of nitrogens with zero attached hydrogens (tertiary/aromatic N) is 5. The van der Waals surface area contributed by atoms with Gasteiger partial charge >= 0.3 is 5.97 Å². The molecule has 0 unspecified atom stereocenters. The van der Waals surface area contributed by atoms with Crippen LogP contribution in [0.15, 0.2) is 66.9 Å². The highest BCUT2D eigenvalue weighted by Gasteiger charge is 2.30. The first-order chi connectivity index (χ1) is 25.8. The van der Waals surface area contributed by atoms with E-state index in [1.165, 1.54) is 32.2 Å². The van der Waals surface area contributed by atoms with Crippen molar-refractivity contribution in [3.05, 3.63) is 101 Å². The molecule has 2 heterocycles. The SMILES string of the molecule is COC(=O)C(C)(C)Cn1cc(-c2cc(F)c(NC(=O)c3c(OCc4ccc(OC)cc4)nc(C[SH](=O)=O)nc3OCc3ccc(OC)cc3)c(F)c2)nn1. The van der Waals surface area contributed by atoms with Crippen molar-refractivity contribution in [2.24, 2.45) is 5.41 Å². The number of carbonyl (C=O) groups excluding carboxylic acids is 2. The minimum Gasteiger partial charge on any atom is -0.497 e. The Morgan fingerprint density at radius 2 is 1.35 bits per heavy atom. The molecule has 0 aliphatic rings. The highest BCUT2D eigenvalue weighted by Crippen LogP contribution is 2.32. The predicted octanol–water partition coefficient (Wildman–Crippen LogP) is 4.75.